The maximum Gasteiger partial charge on any atom is 0.469 e. The quantitative estimate of drug-likeness (QED) is 0.0300. The summed E-state index contributed by atoms with van der Waals surface area (Å²) in [5, 5.41) is 0. The lowest BCUT2D eigenvalue weighted by molar-refractivity contribution is -0.161. The largest absolute Gasteiger partial charge is 0.469 e. The van der Waals surface area contributed by atoms with Crippen molar-refractivity contribution in [2.24, 2.45) is 0 Å². The van der Waals surface area contributed by atoms with Crippen LogP contribution in [0.5, 0.6) is 0 Å². The average molecular weight is 673 g/mol. The monoisotopic (exact) mass is 672 g/mol. The zero-order valence-corrected chi connectivity index (χ0v) is 30.4. The highest BCUT2D eigenvalue weighted by atomic mass is 31.2. The standard InChI is InChI=1S/C37H69O8P/c1-3-5-7-9-11-13-15-17-18-20-21-23-25-27-29-31-36(38)43-33-35(34-44-46(40,41)42)45-37(39)32-30-28-26-24-22-19-16-14-12-10-8-6-4-2/h17-19,22,35H,3-16,20-21,23-34H2,1-2H3,(H2,40,41,42)/b18-17+,22-19+/t35-/m1/s1. The van der Waals surface area contributed by atoms with E-state index in [0.717, 1.165) is 57.8 Å². The molecule has 0 saturated heterocycles. The molecule has 0 aromatic carbocycles. The summed E-state index contributed by atoms with van der Waals surface area (Å²) in [6.07, 6.45) is 36.1. The van der Waals surface area contributed by atoms with Gasteiger partial charge in [0.1, 0.15) is 6.61 Å². The van der Waals surface area contributed by atoms with Gasteiger partial charge in [-0.05, 0) is 64.2 Å². The molecule has 1 atom stereocenters. The summed E-state index contributed by atoms with van der Waals surface area (Å²) < 4.78 is 26.3. The van der Waals surface area contributed by atoms with Crippen molar-refractivity contribution in [3.8, 4) is 0 Å². The van der Waals surface area contributed by atoms with Crippen LogP contribution in [0.25, 0.3) is 0 Å². The van der Waals surface area contributed by atoms with Crippen LogP contribution >= 0.6 is 7.82 Å². The second-order valence-electron chi connectivity index (χ2n) is 12.5. The summed E-state index contributed by atoms with van der Waals surface area (Å²) in [5.74, 6) is -0.911. The lowest BCUT2D eigenvalue weighted by Crippen LogP contribution is -2.29. The number of hydrogen-bond donors (Lipinski definition) is 2. The Morgan fingerprint density at radius 2 is 0.913 bits per heavy atom. The summed E-state index contributed by atoms with van der Waals surface area (Å²) in [4.78, 5) is 42.6. The molecule has 0 fully saturated rings. The molecule has 0 heterocycles. The van der Waals surface area contributed by atoms with E-state index in [1.165, 1.54) is 83.5 Å². The van der Waals surface area contributed by atoms with Crippen molar-refractivity contribution in [2.45, 2.75) is 187 Å². The summed E-state index contributed by atoms with van der Waals surface area (Å²) in [7, 11) is -4.75. The minimum absolute atomic E-state index is 0.191. The maximum absolute atomic E-state index is 12.3. The number of hydrogen-bond acceptors (Lipinski definition) is 6. The number of phosphoric ester groups is 1. The Bertz CT molecular complexity index is 807. The molecule has 0 aliphatic rings. The van der Waals surface area contributed by atoms with Gasteiger partial charge in [-0.2, -0.15) is 0 Å². The number of esters is 2. The van der Waals surface area contributed by atoms with E-state index >= 15 is 0 Å². The van der Waals surface area contributed by atoms with Gasteiger partial charge in [-0.3, -0.25) is 14.1 Å². The summed E-state index contributed by atoms with van der Waals surface area (Å²) in [5.41, 5.74) is 0. The van der Waals surface area contributed by atoms with Gasteiger partial charge in [0, 0.05) is 12.8 Å². The molecule has 9 heteroatoms. The van der Waals surface area contributed by atoms with Crippen LogP contribution in [0.4, 0.5) is 0 Å². The third kappa shape index (κ3) is 35.4. The molecule has 0 spiro atoms. The fourth-order valence-corrected chi connectivity index (χ4v) is 5.49. The first-order chi connectivity index (χ1) is 22.3. The third-order valence-corrected chi connectivity index (χ3v) is 8.43. The van der Waals surface area contributed by atoms with Crippen molar-refractivity contribution in [2.75, 3.05) is 13.2 Å². The number of carbonyl (C=O) groups is 2. The Kier molecular flexibility index (Phi) is 32.4. The second kappa shape index (κ2) is 33.4. The Morgan fingerprint density at radius 3 is 1.35 bits per heavy atom. The minimum Gasteiger partial charge on any atom is -0.462 e. The van der Waals surface area contributed by atoms with Gasteiger partial charge in [0.05, 0.1) is 6.61 Å². The van der Waals surface area contributed by atoms with Crippen molar-refractivity contribution in [1.29, 1.82) is 0 Å². The lowest BCUT2D eigenvalue weighted by atomic mass is 10.1. The molecule has 0 rings (SSSR count). The van der Waals surface area contributed by atoms with E-state index in [-0.39, 0.29) is 19.4 Å². The molecule has 0 saturated carbocycles. The van der Waals surface area contributed by atoms with Crippen LogP contribution in [0, 0.1) is 0 Å². The molecule has 46 heavy (non-hydrogen) atoms. The van der Waals surface area contributed by atoms with E-state index in [4.69, 9.17) is 19.3 Å². The van der Waals surface area contributed by atoms with Crippen molar-refractivity contribution < 1.29 is 37.9 Å². The zero-order chi connectivity index (χ0) is 34.0. The Morgan fingerprint density at radius 1 is 0.543 bits per heavy atom. The van der Waals surface area contributed by atoms with Crippen LogP contribution in [-0.4, -0.2) is 41.0 Å². The van der Waals surface area contributed by atoms with Gasteiger partial charge >= 0.3 is 19.8 Å². The fraction of sp³-hybridized carbons (Fsp3) is 0.838. The van der Waals surface area contributed by atoms with Crippen molar-refractivity contribution >= 4 is 19.8 Å². The van der Waals surface area contributed by atoms with Gasteiger partial charge < -0.3 is 19.3 Å². The van der Waals surface area contributed by atoms with Crippen LogP contribution in [0.3, 0.4) is 0 Å². The first kappa shape index (κ1) is 44.5. The number of unbranched alkanes of at least 4 members (excludes halogenated alkanes) is 20. The van der Waals surface area contributed by atoms with E-state index in [1.807, 2.05) is 0 Å². The number of ether oxygens (including phenoxy) is 2. The zero-order valence-electron chi connectivity index (χ0n) is 29.5. The first-order valence-electron chi connectivity index (χ1n) is 18.6. The molecule has 0 unspecified atom stereocenters. The molecule has 8 nitrogen and oxygen atoms in total. The van der Waals surface area contributed by atoms with Crippen LogP contribution < -0.4 is 0 Å². The lowest BCUT2D eigenvalue weighted by Gasteiger charge is -2.18. The predicted molar refractivity (Wildman–Crippen MR) is 189 cm³/mol. The van der Waals surface area contributed by atoms with Gasteiger partial charge in [-0.15, -0.1) is 0 Å². The van der Waals surface area contributed by atoms with Crippen LogP contribution in [0.15, 0.2) is 24.3 Å². The molecule has 0 aliphatic carbocycles. The van der Waals surface area contributed by atoms with E-state index < -0.39 is 32.5 Å². The Labute approximate surface area is 281 Å². The van der Waals surface area contributed by atoms with E-state index in [1.54, 1.807) is 0 Å². The molecule has 0 bridgehead atoms. The Balaban J connectivity index is 4.00. The number of carbonyl (C=O) groups excluding carboxylic acids is 2. The topological polar surface area (TPSA) is 119 Å². The van der Waals surface area contributed by atoms with Crippen molar-refractivity contribution in [3.05, 3.63) is 24.3 Å². The SMILES string of the molecule is CCCCCCCC/C=C/CCCCCCCC(=O)OC[C@H](COP(=O)(O)O)OC(=O)CCCCC/C=C/CCCCCCCC. The third-order valence-electron chi connectivity index (χ3n) is 7.94. The summed E-state index contributed by atoms with van der Waals surface area (Å²) in [6.45, 7) is 3.64. The normalized spacial score (nSPS) is 12.7. The average Bonchev–Trinajstić information content (AvgIpc) is 3.02. The van der Waals surface area contributed by atoms with Gasteiger partial charge in [0.25, 0.3) is 0 Å². The van der Waals surface area contributed by atoms with Gasteiger partial charge in [-0.25, -0.2) is 4.57 Å². The molecule has 0 aromatic heterocycles. The molecule has 0 radical (unpaired) electrons. The minimum atomic E-state index is -4.75. The van der Waals surface area contributed by atoms with Crippen molar-refractivity contribution in [1.82, 2.24) is 0 Å². The van der Waals surface area contributed by atoms with E-state index in [9.17, 15) is 14.2 Å². The van der Waals surface area contributed by atoms with Gasteiger partial charge in [-0.1, -0.05) is 128 Å². The Hall–Kier alpha value is -1.47. The highest BCUT2D eigenvalue weighted by Crippen LogP contribution is 2.36. The molecule has 0 aromatic rings. The maximum atomic E-state index is 12.3. The summed E-state index contributed by atoms with van der Waals surface area (Å²) >= 11 is 0. The van der Waals surface area contributed by atoms with Crippen LogP contribution in [0.2, 0.25) is 0 Å². The highest BCUT2D eigenvalue weighted by molar-refractivity contribution is 7.46. The number of allylic oxidation sites excluding steroid dienone is 4. The van der Waals surface area contributed by atoms with Crippen molar-refractivity contribution in [3.63, 3.8) is 0 Å². The van der Waals surface area contributed by atoms with E-state index in [2.05, 4.69) is 42.7 Å². The predicted octanol–water partition coefficient (Wildman–Crippen LogP) is 10.8. The van der Waals surface area contributed by atoms with Crippen LogP contribution in [-0.2, 0) is 28.2 Å². The molecule has 270 valence electrons. The fourth-order valence-electron chi connectivity index (χ4n) is 5.13. The van der Waals surface area contributed by atoms with E-state index in [0.29, 0.717) is 12.8 Å². The highest BCUT2D eigenvalue weighted by Gasteiger charge is 2.22. The number of phosphoric acid groups is 1. The van der Waals surface area contributed by atoms with Crippen LogP contribution in [0.1, 0.15) is 181 Å². The van der Waals surface area contributed by atoms with Gasteiger partial charge in [0.15, 0.2) is 6.10 Å². The first-order valence-corrected chi connectivity index (χ1v) is 20.2. The molecular weight excluding hydrogens is 603 g/mol. The van der Waals surface area contributed by atoms with Gasteiger partial charge in [0.2, 0.25) is 0 Å². The second-order valence-corrected chi connectivity index (χ2v) is 13.8. The molecule has 0 amide bonds. The molecule has 2 N–H and O–H groups in total. The smallest absolute Gasteiger partial charge is 0.462 e. The molecule has 0 aliphatic heterocycles. The summed E-state index contributed by atoms with van der Waals surface area (Å²) in [6, 6.07) is 0. The number of rotatable bonds is 34. The molecular formula is C37H69O8P.